The Balaban J connectivity index is 1.86. The van der Waals surface area contributed by atoms with Gasteiger partial charge in [-0.15, -0.1) is 0 Å². The Morgan fingerprint density at radius 3 is 2.88 bits per heavy atom. The summed E-state index contributed by atoms with van der Waals surface area (Å²) in [6.45, 7) is 0. The molecule has 0 aliphatic carbocycles. The molecular weight excluding hydrogens is 326 g/mol. The normalized spacial score (nSPS) is 11.1. The number of nitrogens with one attached hydrogen (secondary N) is 1. The first kappa shape index (κ1) is 16.1. The van der Waals surface area contributed by atoms with Gasteiger partial charge < -0.3 is 5.11 Å². The Kier molecular flexibility index (Phi) is 4.12. The number of aromatic hydroxyl groups is 1. The number of nitrogens with zero attached hydrogens (tertiary/aromatic N) is 4. The van der Waals surface area contributed by atoms with Crippen LogP contribution in [0.25, 0.3) is 10.8 Å². The first-order valence-electron chi connectivity index (χ1n) is 7.19. The Labute approximate surface area is 141 Å². The summed E-state index contributed by atoms with van der Waals surface area (Å²) in [4.78, 5) is 22.3. The molecule has 1 aromatic heterocycles. The number of amides is 1. The van der Waals surface area contributed by atoms with E-state index in [2.05, 4.69) is 15.6 Å². The van der Waals surface area contributed by atoms with Crippen molar-refractivity contribution < 1.29 is 14.8 Å². The van der Waals surface area contributed by atoms with Crippen LogP contribution >= 0.6 is 0 Å². The molecule has 0 aliphatic heterocycles. The zero-order valence-electron chi connectivity index (χ0n) is 13.1. The smallest absolute Gasteiger partial charge is 0.320 e. The lowest BCUT2D eigenvalue weighted by Gasteiger charge is -2.04. The summed E-state index contributed by atoms with van der Waals surface area (Å²) in [5.41, 5.74) is 1.86. The van der Waals surface area contributed by atoms with E-state index in [0.717, 1.165) is 17.0 Å². The molecule has 0 radical (unpaired) electrons. The molecule has 3 aromatic rings. The van der Waals surface area contributed by atoms with Crippen LogP contribution in [0.5, 0.6) is 5.75 Å². The van der Waals surface area contributed by atoms with Crippen molar-refractivity contribution in [2.75, 3.05) is 0 Å². The highest BCUT2D eigenvalue weighted by atomic mass is 16.6. The fourth-order valence-corrected chi connectivity index (χ4v) is 2.40. The van der Waals surface area contributed by atoms with Gasteiger partial charge in [-0.3, -0.25) is 19.6 Å². The molecule has 0 fully saturated rings. The minimum absolute atomic E-state index is 0.000477. The second-order valence-electron chi connectivity index (χ2n) is 5.21. The van der Waals surface area contributed by atoms with E-state index in [9.17, 15) is 20.0 Å². The van der Waals surface area contributed by atoms with E-state index >= 15 is 0 Å². The molecule has 9 nitrogen and oxygen atoms in total. The van der Waals surface area contributed by atoms with Crippen LogP contribution in [0.3, 0.4) is 0 Å². The van der Waals surface area contributed by atoms with Crippen molar-refractivity contribution in [2.24, 2.45) is 12.1 Å². The summed E-state index contributed by atoms with van der Waals surface area (Å²) in [5, 5.41) is 30.1. The number of carbonyl (C=O) groups excluding carboxylic acids is 1. The third kappa shape index (κ3) is 3.15. The molecule has 3 rings (SSSR count). The number of phenols is 1. The van der Waals surface area contributed by atoms with Gasteiger partial charge in [-0.05, 0) is 16.8 Å². The number of benzene rings is 2. The second-order valence-corrected chi connectivity index (χ2v) is 5.21. The maximum atomic E-state index is 12.1. The Morgan fingerprint density at radius 1 is 1.36 bits per heavy atom. The van der Waals surface area contributed by atoms with E-state index in [0.29, 0.717) is 5.56 Å². The summed E-state index contributed by atoms with van der Waals surface area (Å²) in [7, 11) is 1.47. The standard InChI is InChI=1S/C16H13N5O4/c1-20-9-13(21(24)25)15(19-20)16(23)18-17-8-12-11-5-3-2-4-10(11)6-7-14(12)22/h2-9,22H,1H3,(H,18,23)/b17-8+. The van der Waals surface area contributed by atoms with Gasteiger partial charge in [0, 0.05) is 12.6 Å². The van der Waals surface area contributed by atoms with Crippen LogP contribution in [-0.4, -0.2) is 31.9 Å². The zero-order valence-corrected chi connectivity index (χ0v) is 13.1. The number of hydrazone groups is 1. The van der Waals surface area contributed by atoms with Crippen molar-refractivity contribution in [3.63, 3.8) is 0 Å². The van der Waals surface area contributed by atoms with Crippen molar-refractivity contribution in [3.05, 3.63) is 64.0 Å². The molecule has 2 aromatic carbocycles. The van der Waals surface area contributed by atoms with Gasteiger partial charge >= 0.3 is 5.69 Å². The lowest BCUT2D eigenvalue weighted by atomic mass is 10.0. The molecule has 25 heavy (non-hydrogen) atoms. The van der Waals surface area contributed by atoms with Crippen LogP contribution in [0, 0.1) is 10.1 Å². The average Bonchev–Trinajstić information content (AvgIpc) is 2.99. The maximum Gasteiger partial charge on any atom is 0.320 e. The maximum absolute atomic E-state index is 12.1. The van der Waals surface area contributed by atoms with E-state index in [-0.39, 0.29) is 11.4 Å². The predicted molar refractivity (Wildman–Crippen MR) is 90.5 cm³/mol. The fourth-order valence-electron chi connectivity index (χ4n) is 2.40. The molecule has 126 valence electrons. The molecule has 0 bridgehead atoms. The fraction of sp³-hybridized carbons (Fsp3) is 0.0625. The number of hydrogen-bond donors (Lipinski definition) is 2. The molecule has 9 heteroatoms. The molecule has 0 unspecified atom stereocenters. The van der Waals surface area contributed by atoms with Crippen LogP contribution in [0.2, 0.25) is 0 Å². The molecule has 0 saturated heterocycles. The number of carbonyl (C=O) groups is 1. The number of aryl methyl sites for hydroxylation is 1. The molecule has 2 N–H and O–H groups in total. The minimum atomic E-state index is -0.816. The number of aromatic nitrogens is 2. The number of fused-ring (bicyclic) bond motifs is 1. The van der Waals surface area contributed by atoms with E-state index in [1.807, 2.05) is 24.3 Å². The lowest BCUT2D eigenvalue weighted by Crippen LogP contribution is -2.19. The van der Waals surface area contributed by atoms with Gasteiger partial charge in [-0.25, -0.2) is 5.43 Å². The SMILES string of the molecule is Cn1cc([N+](=O)[O-])c(C(=O)N/N=C/c2c(O)ccc3ccccc23)n1. The highest BCUT2D eigenvalue weighted by Gasteiger charge is 2.24. The number of rotatable bonds is 4. The van der Waals surface area contributed by atoms with Gasteiger partial charge in [-0.1, -0.05) is 30.3 Å². The Bertz CT molecular complexity index is 1010. The first-order chi connectivity index (χ1) is 12.0. The monoisotopic (exact) mass is 339 g/mol. The van der Waals surface area contributed by atoms with Gasteiger partial charge in [0.05, 0.1) is 11.1 Å². The summed E-state index contributed by atoms with van der Waals surface area (Å²) in [5.74, 6) is -0.816. The molecule has 0 atom stereocenters. The largest absolute Gasteiger partial charge is 0.507 e. The van der Waals surface area contributed by atoms with Crippen molar-refractivity contribution in [3.8, 4) is 5.75 Å². The van der Waals surface area contributed by atoms with Crippen LogP contribution in [0.1, 0.15) is 16.1 Å². The summed E-state index contributed by atoms with van der Waals surface area (Å²) < 4.78 is 1.17. The van der Waals surface area contributed by atoms with E-state index in [1.165, 1.54) is 24.0 Å². The van der Waals surface area contributed by atoms with Gasteiger partial charge in [0.25, 0.3) is 5.91 Å². The van der Waals surface area contributed by atoms with E-state index < -0.39 is 16.5 Å². The second kappa shape index (κ2) is 6.40. The van der Waals surface area contributed by atoms with E-state index in [4.69, 9.17) is 0 Å². The van der Waals surface area contributed by atoms with Crippen LogP contribution < -0.4 is 5.43 Å². The number of hydrogen-bond acceptors (Lipinski definition) is 6. The van der Waals surface area contributed by atoms with Gasteiger partial charge in [0.1, 0.15) is 11.9 Å². The summed E-state index contributed by atoms with van der Waals surface area (Å²) >= 11 is 0. The summed E-state index contributed by atoms with van der Waals surface area (Å²) in [6.07, 6.45) is 2.42. The van der Waals surface area contributed by atoms with Crippen molar-refractivity contribution in [1.82, 2.24) is 15.2 Å². The Hall–Kier alpha value is -3.75. The third-order valence-electron chi connectivity index (χ3n) is 3.53. The Morgan fingerprint density at radius 2 is 2.12 bits per heavy atom. The van der Waals surface area contributed by atoms with Gasteiger partial charge in [0.2, 0.25) is 5.69 Å². The highest BCUT2D eigenvalue weighted by Crippen LogP contribution is 2.25. The molecule has 1 amide bonds. The third-order valence-corrected chi connectivity index (χ3v) is 3.53. The molecule has 0 spiro atoms. The van der Waals surface area contributed by atoms with Crippen molar-refractivity contribution in [2.45, 2.75) is 0 Å². The van der Waals surface area contributed by atoms with Gasteiger partial charge in [0.15, 0.2) is 0 Å². The van der Waals surface area contributed by atoms with Crippen LogP contribution in [0.15, 0.2) is 47.7 Å². The van der Waals surface area contributed by atoms with Crippen molar-refractivity contribution in [1.29, 1.82) is 0 Å². The number of phenolic OH excluding ortho intramolecular Hbond substituents is 1. The van der Waals surface area contributed by atoms with Crippen LogP contribution in [0.4, 0.5) is 5.69 Å². The lowest BCUT2D eigenvalue weighted by molar-refractivity contribution is -0.385. The van der Waals surface area contributed by atoms with Gasteiger partial charge in [-0.2, -0.15) is 10.2 Å². The number of nitro groups is 1. The summed E-state index contributed by atoms with van der Waals surface area (Å²) in [6, 6.07) is 10.6. The first-order valence-corrected chi connectivity index (χ1v) is 7.19. The van der Waals surface area contributed by atoms with Crippen LogP contribution in [-0.2, 0) is 7.05 Å². The molecule has 0 aliphatic rings. The average molecular weight is 339 g/mol. The molecular formula is C16H13N5O4. The molecule has 0 saturated carbocycles. The molecule has 1 heterocycles. The zero-order chi connectivity index (χ0) is 18.0. The van der Waals surface area contributed by atoms with Crippen molar-refractivity contribution >= 4 is 28.6 Å². The quantitative estimate of drug-likeness (QED) is 0.427. The highest BCUT2D eigenvalue weighted by molar-refractivity contribution is 6.03. The minimum Gasteiger partial charge on any atom is -0.507 e. The predicted octanol–water partition coefficient (Wildman–Crippen LogP) is 1.95. The van der Waals surface area contributed by atoms with E-state index in [1.54, 1.807) is 6.07 Å². The topological polar surface area (TPSA) is 123 Å².